The zero-order chi connectivity index (χ0) is 25.6. The van der Waals surface area contributed by atoms with Crippen LogP contribution in [0.5, 0.6) is 5.75 Å². The van der Waals surface area contributed by atoms with Gasteiger partial charge in [-0.3, -0.25) is 4.79 Å². The second-order valence-electron chi connectivity index (χ2n) is 11.0. The summed E-state index contributed by atoms with van der Waals surface area (Å²) in [6.07, 6.45) is 8.83. The minimum absolute atomic E-state index is 0.179. The molecule has 2 N–H and O–H groups in total. The molecule has 196 valence electrons. The molecule has 6 nitrogen and oxygen atoms in total. The van der Waals surface area contributed by atoms with Crippen molar-refractivity contribution in [1.82, 2.24) is 4.72 Å². The number of rotatable bonds is 0. The van der Waals surface area contributed by atoms with Crippen molar-refractivity contribution in [2.75, 3.05) is 30.3 Å². The summed E-state index contributed by atoms with van der Waals surface area (Å²) in [6, 6.07) is 11.7. The fourth-order valence-corrected chi connectivity index (χ4v) is 7.54. The second kappa shape index (κ2) is 10.2. The third kappa shape index (κ3) is 4.87. The Bertz CT molecular complexity index is 1220. The minimum Gasteiger partial charge on any atom is -0.593 e. The second-order valence-corrected chi connectivity index (χ2v) is 12.7. The number of ether oxygens (including phenoxy) is 1. The molecule has 0 aromatic heterocycles. The molecule has 4 aliphatic rings. The van der Waals surface area contributed by atoms with Crippen LogP contribution in [-0.4, -0.2) is 47.1 Å². The lowest BCUT2D eigenvalue weighted by Crippen LogP contribution is -2.47. The highest BCUT2D eigenvalue weighted by molar-refractivity contribution is 7.90. The predicted molar refractivity (Wildman–Crippen MR) is 147 cm³/mol. The van der Waals surface area contributed by atoms with Gasteiger partial charge in [0, 0.05) is 29.1 Å². The van der Waals surface area contributed by atoms with Gasteiger partial charge in [0.1, 0.15) is 11.5 Å². The van der Waals surface area contributed by atoms with Gasteiger partial charge in [-0.1, -0.05) is 29.8 Å². The van der Waals surface area contributed by atoms with E-state index >= 15 is 0 Å². The first-order valence-electron chi connectivity index (χ1n) is 13.3. The lowest BCUT2D eigenvalue weighted by atomic mass is 9.70. The molecule has 5 atom stereocenters. The number of anilines is 1. The number of aryl methyl sites for hydroxylation is 1. The third-order valence-electron chi connectivity index (χ3n) is 8.68. The van der Waals surface area contributed by atoms with E-state index in [1.54, 1.807) is 6.07 Å². The molecule has 8 heteroatoms. The molecule has 0 radical (unpaired) electrons. The van der Waals surface area contributed by atoms with Crippen molar-refractivity contribution < 1.29 is 19.2 Å². The number of aliphatic hydroxyl groups is 1. The minimum atomic E-state index is -1.45. The van der Waals surface area contributed by atoms with Crippen molar-refractivity contribution in [1.29, 1.82) is 0 Å². The van der Waals surface area contributed by atoms with Crippen molar-refractivity contribution >= 4 is 34.6 Å². The Hall–Kier alpha value is -2.19. The fourth-order valence-electron chi connectivity index (χ4n) is 6.49. The summed E-state index contributed by atoms with van der Waals surface area (Å²) in [6.45, 7) is 2.11. The lowest BCUT2D eigenvalue weighted by Gasteiger charge is -2.43. The van der Waals surface area contributed by atoms with Crippen LogP contribution in [0.3, 0.4) is 0 Å². The molecule has 2 aromatic rings. The highest BCUT2D eigenvalue weighted by Gasteiger charge is 2.45. The maximum Gasteiger partial charge on any atom is 0.292 e. The molecule has 37 heavy (non-hydrogen) atoms. The van der Waals surface area contributed by atoms with Gasteiger partial charge in [-0.25, -0.2) is 0 Å². The number of carbonyl (C=O) groups excluding carboxylic acids is 1. The average molecular weight is 541 g/mol. The molecule has 0 saturated heterocycles. The molecule has 1 fully saturated rings. The number of benzene rings is 2. The van der Waals surface area contributed by atoms with Crippen LogP contribution < -0.4 is 14.4 Å². The number of hydrogen-bond donors (Lipinski definition) is 2. The zero-order valence-electron chi connectivity index (χ0n) is 20.8. The van der Waals surface area contributed by atoms with Gasteiger partial charge in [-0.05, 0) is 91.8 Å². The summed E-state index contributed by atoms with van der Waals surface area (Å²) in [7, 11) is 0. The SMILES string of the molecule is O=C1N[S+]([O-])CCC/C=C/C(O)C2CCC2CN2CC3(CCc4cc(Cl)ccc43)COc3ccc1cc32. The number of aliphatic hydroxyl groups excluding tert-OH is 1. The summed E-state index contributed by atoms with van der Waals surface area (Å²) in [5.41, 5.74) is 3.76. The topological polar surface area (TPSA) is 84.9 Å². The molecule has 6 rings (SSSR count). The van der Waals surface area contributed by atoms with Crippen LogP contribution >= 0.6 is 11.6 Å². The van der Waals surface area contributed by atoms with Crippen LogP contribution in [0.25, 0.3) is 0 Å². The Morgan fingerprint density at radius 3 is 2.95 bits per heavy atom. The number of carbonyl (C=O) groups is 1. The van der Waals surface area contributed by atoms with Gasteiger partial charge < -0.3 is 19.3 Å². The van der Waals surface area contributed by atoms with E-state index in [0.717, 1.165) is 61.7 Å². The van der Waals surface area contributed by atoms with Crippen molar-refractivity contribution in [3.05, 3.63) is 70.3 Å². The van der Waals surface area contributed by atoms with Crippen molar-refractivity contribution in [2.45, 2.75) is 50.0 Å². The molecule has 5 unspecified atom stereocenters. The highest BCUT2D eigenvalue weighted by atomic mass is 35.5. The first kappa shape index (κ1) is 25.1. The van der Waals surface area contributed by atoms with Gasteiger partial charge in [0.25, 0.3) is 5.91 Å². The van der Waals surface area contributed by atoms with Gasteiger partial charge >= 0.3 is 0 Å². The van der Waals surface area contributed by atoms with E-state index in [2.05, 4.69) is 21.8 Å². The average Bonchev–Trinajstić information content (AvgIpc) is 3.11. The Morgan fingerprint density at radius 1 is 1.22 bits per heavy atom. The van der Waals surface area contributed by atoms with E-state index in [9.17, 15) is 14.5 Å². The summed E-state index contributed by atoms with van der Waals surface area (Å²) in [4.78, 5) is 15.4. The van der Waals surface area contributed by atoms with Crippen LogP contribution in [0.2, 0.25) is 5.02 Å². The number of amides is 1. The van der Waals surface area contributed by atoms with Gasteiger partial charge in [0.05, 0.1) is 29.8 Å². The van der Waals surface area contributed by atoms with E-state index in [-0.39, 0.29) is 17.2 Å². The number of fused-ring (bicyclic) bond motifs is 4. The van der Waals surface area contributed by atoms with E-state index in [1.165, 1.54) is 11.1 Å². The number of halogens is 1. The van der Waals surface area contributed by atoms with E-state index in [1.807, 2.05) is 30.4 Å². The molecule has 1 amide bonds. The molecule has 2 aliphatic heterocycles. The zero-order valence-corrected chi connectivity index (χ0v) is 22.4. The highest BCUT2D eigenvalue weighted by Crippen LogP contribution is 2.47. The molecule has 1 spiro atoms. The summed E-state index contributed by atoms with van der Waals surface area (Å²) in [5.74, 6) is 1.37. The monoisotopic (exact) mass is 540 g/mol. The quantitative estimate of drug-likeness (QED) is 0.378. The molecule has 2 heterocycles. The number of hydrogen-bond acceptors (Lipinski definition) is 5. The van der Waals surface area contributed by atoms with Crippen LogP contribution in [0.15, 0.2) is 48.6 Å². The smallest absolute Gasteiger partial charge is 0.292 e. The van der Waals surface area contributed by atoms with E-state index in [4.69, 9.17) is 16.3 Å². The number of nitrogens with zero attached hydrogens (tertiary/aromatic N) is 1. The largest absolute Gasteiger partial charge is 0.593 e. The van der Waals surface area contributed by atoms with Gasteiger partial charge in [0.15, 0.2) is 0 Å². The Morgan fingerprint density at radius 2 is 2.11 bits per heavy atom. The van der Waals surface area contributed by atoms with E-state index < -0.39 is 17.5 Å². The van der Waals surface area contributed by atoms with Crippen molar-refractivity contribution in [3.8, 4) is 5.75 Å². The Kier molecular flexibility index (Phi) is 6.90. The summed E-state index contributed by atoms with van der Waals surface area (Å²) in [5, 5.41) is 11.7. The standard InChI is InChI=1S/C29H33ClN2O4S/c30-22-7-9-24-19(14-22)11-12-29(24)17-32-16-21-5-8-23(21)26(33)4-2-1-3-13-37(35)31-28(34)20-6-10-27(36-18-29)25(32)15-20/h2,4,6-7,9-10,14-15,21,23,26,33H,1,3,5,8,11-13,16-18H2,(H,31,34)/b4-2+. The summed E-state index contributed by atoms with van der Waals surface area (Å²) < 4.78 is 21.6. The maximum atomic E-state index is 13.0. The molecular formula is C29H33ClN2O4S. The molecular weight excluding hydrogens is 508 g/mol. The summed E-state index contributed by atoms with van der Waals surface area (Å²) >= 11 is 4.86. The first-order valence-corrected chi connectivity index (χ1v) is 15.0. The number of allylic oxidation sites excluding steroid dienone is 1. The van der Waals surface area contributed by atoms with Crippen LogP contribution in [0, 0.1) is 11.8 Å². The molecule has 2 aliphatic carbocycles. The normalized spacial score (nSPS) is 32.4. The van der Waals surface area contributed by atoms with Gasteiger partial charge in [-0.15, -0.1) is 0 Å². The first-order chi connectivity index (χ1) is 17.9. The predicted octanol–water partition coefficient (Wildman–Crippen LogP) is 4.55. The Labute approximate surface area is 226 Å². The van der Waals surface area contributed by atoms with Gasteiger partial charge in [0.2, 0.25) is 0 Å². The van der Waals surface area contributed by atoms with Crippen LogP contribution in [0.4, 0.5) is 5.69 Å². The third-order valence-corrected chi connectivity index (χ3v) is 9.99. The molecule has 2 aromatic carbocycles. The fraction of sp³-hybridized carbons (Fsp3) is 0.483. The van der Waals surface area contributed by atoms with Crippen LogP contribution in [-0.2, 0) is 23.2 Å². The van der Waals surface area contributed by atoms with Crippen molar-refractivity contribution in [3.63, 3.8) is 0 Å². The van der Waals surface area contributed by atoms with Gasteiger partial charge in [-0.2, -0.15) is 4.72 Å². The molecule has 2 bridgehead atoms. The lowest BCUT2D eigenvalue weighted by molar-refractivity contribution is 0.0457. The maximum absolute atomic E-state index is 13.0. The van der Waals surface area contributed by atoms with Crippen molar-refractivity contribution in [2.24, 2.45) is 11.8 Å². The molecule has 1 saturated carbocycles. The number of nitrogens with one attached hydrogen (secondary N) is 1. The van der Waals surface area contributed by atoms with E-state index in [0.29, 0.717) is 30.3 Å². The van der Waals surface area contributed by atoms with Crippen LogP contribution in [0.1, 0.15) is 53.6 Å². The Balaban J connectivity index is 1.39.